The summed E-state index contributed by atoms with van der Waals surface area (Å²) in [4.78, 5) is 0. The summed E-state index contributed by atoms with van der Waals surface area (Å²) in [7, 11) is 0. The molecule has 2 N–H and O–H groups in total. The molecule has 0 spiro atoms. The fraction of sp³-hybridized carbons (Fsp3) is 1.00. The average molecular weight is 255 g/mol. The lowest BCUT2D eigenvalue weighted by molar-refractivity contribution is -0.174. The van der Waals surface area contributed by atoms with Gasteiger partial charge in [-0.05, 0) is 31.7 Å². The first-order valence-electron chi connectivity index (χ1n) is 5.99. The molecule has 2 atom stereocenters. The van der Waals surface area contributed by atoms with Gasteiger partial charge < -0.3 is 15.2 Å². The van der Waals surface area contributed by atoms with E-state index in [0.29, 0.717) is 25.5 Å². The van der Waals surface area contributed by atoms with Gasteiger partial charge in [0.2, 0.25) is 0 Å². The number of nitrogens with two attached hydrogens (primary N) is 1. The van der Waals surface area contributed by atoms with Crippen molar-refractivity contribution >= 4 is 0 Å². The molecule has 0 bridgehead atoms. The summed E-state index contributed by atoms with van der Waals surface area (Å²) < 4.78 is 45.3. The number of alkyl halides is 3. The molecule has 0 amide bonds. The Morgan fingerprint density at radius 3 is 2.59 bits per heavy atom. The molecular formula is C11H20F3NO2. The van der Waals surface area contributed by atoms with E-state index in [1.165, 1.54) is 0 Å². The van der Waals surface area contributed by atoms with Crippen molar-refractivity contribution in [2.24, 2.45) is 11.7 Å². The molecule has 1 rings (SSSR count). The van der Waals surface area contributed by atoms with Crippen LogP contribution in [0.4, 0.5) is 13.2 Å². The van der Waals surface area contributed by atoms with Crippen molar-refractivity contribution in [2.75, 3.05) is 26.4 Å². The maximum atomic E-state index is 11.7. The molecule has 0 aromatic heterocycles. The highest BCUT2D eigenvalue weighted by molar-refractivity contribution is 4.78. The fourth-order valence-corrected chi connectivity index (χ4v) is 2.08. The van der Waals surface area contributed by atoms with E-state index in [2.05, 4.69) is 4.74 Å². The van der Waals surface area contributed by atoms with Crippen LogP contribution in [-0.4, -0.2) is 38.6 Å². The van der Waals surface area contributed by atoms with Crippen LogP contribution in [-0.2, 0) is 9.47 Å². The monoisotopic (exact) mass is 255 g/mol. The minimum Gasteiger partial charge on any atom is -0.378 e. The molecule has 0 aromatic rings. The second-order valence-corrected chi connectivity index (χ2v) is 4.36. The molecular weight excluding hydrogens is 235 g/mol. The van der Waals surface area contributed by atoms with Gasteiger partial charge >= 0.3 is 6.18 Å². The lowest BCUT2D eigenvalue weighted by Crippen LogP contribution is -2.26. The summed E-state index contributed by atoms with van der Waals surface area (Å²) in [5, 5.41) is 0. The minimum atomic E-state index is -4.24. The molecule has 0 saturated heterocycles. The van der Waals surface area contributed by atoms with Crippen LogP contribution in [0.2, 0.25) is 0 Å². The molecule has 1 aliphatic carbocycles. The fourth-order valence-electron chi connectivity index (χ4n) is 2.08. The van der Waals surface area contributed by atoms with Crippen molar-refractivity contribution in [3.63, 3.8) is 0 Å². The second kappa shape index (κ2) is 7.18. The Morgan fingerprint density at radius 2 is 1.94 bits per heavy atom. The number of hydrogen-bond donors (Lipinski definition) is 1. The summed E-state index contributed by atoms with van der Waals surface area (Å²) in [5.41, 5.74) is 5.59. The lowest BCUT2D eigenvalue weighted by atomic mass is 10.1. The molecule has 1 fully saturated rings. The highest BCUT2D eigenvalue weighted by Gasteiger charge is 2.28. The Bertz CT molecular complexity index is 211. The van der Waals surface area contributed by atoms with E-state index in [4.69, 9.17) is 10.5 Å². The third-order valence-corrected chi connectivity index (χ3v) is 2.92. The van der Waals surface area contributed by atoms with E-state index >= 15 is 0 Å². The predicted molar refractivity (Wildman–Crippen MR) is 57.6 cm³/mol. The molecule has 3 nitrogen and oxygen atoms in total. The van der Waals surface area contributed by atoms with Crippen LogP contribution in [0.1, 0.15) is 25.7 Å². The van der Waals surface area contributed by atoms with Crippen molar-refractivity contribution in [1.29, 1.82) is 0 Å². The molecule has 17 heavy (non-hydrogen) atoms. The molecule has 0 aliphatic heterocycles. The van der Waals surface area contributed by atoms with Crippen molar-refractivity contribution in [3.8, 4) is 0 Å². The van der Waals surface area contributed by atoms with Gasteiger partial charge in [0, 0.05) is 13.2 Å². The summed E-state index contributed by atoms with van der Waals surface area (Å²) in [6.45, 7) is -0.0321. The lowest BCUT2D eigenvalue weighted by Gasteiger charge is -2.18. The van der Waals surface area contributed by atoms with Gasteiger partial charge in [-0.1, -0.05) is 6.42 Å². The van der Waals surface area contributed by atoms with Gasteiger partial charge in [-0.3, -0.25) is 0 Å². The molecule has 2 unspecified atom stereocenters. The summed E-state index contributed by atoms with van der Waals surface area (Å²) in [6.07, 6.45) is -0.350. The molecule has 102 valence electrons. The van der Waals surface area contributed by atoms with E-state index in [1.807, 2.05) is 0 Å². The highest BCUT2D eigenvalue weighted by atomic mass is 19.4. The molecule has 1 saturated carbocycles. The predicted octanol–water partition coefficient (Wildman–Crippen LogP) is 2.10. The molecule has 0 heterocycles. The first-order chi connectivity index (χ1) is 8.03. The van der Waals surface area contributed by atoms with Crippen LogP contribution in [0.5, 0.6) is 0 Å². The van der Waals surface area contributed by atoms with E-state index in [-0.39, 0.29) is 12.7 Å². The Kier molecular flexibility index (Phi) is 6.22. The van der Waals surface area contributed by atoms with E-state index in [9.17, 15) is 13.2 Å². The first kappa shape index (κ1) is 14.7. The maximum Gasteiger partial charge on any atom is 0.411 e. The molecule has 1 aliphatic rings. The summed E-state index contributed by atoms with van der Waals surface area (Å²) >= 11 is 0. The minimum absolute atomic E-state index is 0.0829. The van der Waals surface area contributed by atoms with Crippen LogP contribution in [0.15, 0.2) is 0 Å². The standard InChI is InChI=1S/C11H20F3NO2/c12-11(13,14)8-16-5-2-6-17-10-4-1-3-9(10)7-15/h9-10H,1-8,15H2. The second-order valence-electron chi connectivity index (χ2n) is 4.36. The average Bonchev–Trinajstić information content (AvgIpc) is 2.69. The number of ether oxygens (including phenoxy) is 2. The van der Waals surface area contributed by atoms with Gasteiger partial charge in [0.1, 0.15) is 6.61 Å². The molecule has 0 radical (unpaired) electrons. The van der Waals surface area contributed by atoms with Crippen LogP contribution >= 0.6 is 0 Å². The maximum absolute atomic E-state index is 11.7. The van der Waals surface area contributed by atoms with Crippen molar-refractivity contribution < 1.29 is 22.6 Å². The number of hydrogen-bond acceptors (Lipinski definition) is 3. The normalized spacial score (nSPS) is 25.4. The van der Waals surface area contributed by atoms with Crippen molar-refractivity contribution in [3.05, 3.63) is 0 Å². The van der Waals surface area contributed by atoms with Gasteiger partial charge in [0.15, 0.2) is 0 Å². The van der Waals surface area contributed by atoms with Crippen molar-refractivity contribution in [2.45, 2.75) is 38.0 Å². The van der Waals surface area contributed by atoms with Crippen LogP contribution < -0.4 is 5.73 Å². The first-order valence-corrected chi connectivity index (χ1v) is 5.99. The quantitative estimate of drug-likeness (QED) is 0.708. The van der Waals surface area contributed by atoms with Crippen LogP contribution in [0, 0.1) is 5.92 Å². The zero-order valence-electron chi connectivity index (χ0n) is 9.84. The van der Waals surface area contributed by atoms with Gasteiger partial charge in [0.05, 0.1) is 6.10 Å². The molecule has 6 heteroatoms. The third-order valence-electron chi connectivity index (χ3n) is 2.92. The van der Waals surface area contributed by atoms with Crippen LogP contribution in [0.3, 0.4) is 0 Å². The Balaban J connectivity index is 1.97. The number of halogens is 3. The van der Waals surface area contributed by atoms with Gasteiger partial charge in [-0.25, -0.2) is 0 Å². The smallest absolute Gasteiger partial charge is 0.378 e. The van der Waals surface area contributed by atoms with Crippen molar-refractivity contribution in [1.82, 2.24) is 0 Å². The topological polar surface area (TPSA) is 44.5 Å². The van der Waals surface area contributed by atoms with Gasteiger partial charge in [0.25, 0.3) is 0 Å². The van der Waals surface area contributed by atoms with Gasteiger partial charge in [-0.15, -0.1) is 0 Å². The van der Waals surface area contributed by atoms with E-state index < -0.39 is 12.8 Å². The van der Waals surface area contributed by atoms with E-state index in [0.717, 1.165) is 19.3 Å². The SMILES string of the molecule is NCC1CCCC1OCCCOCC(F)(F)F. The van der Waals surface area contributed by atoms with E-state index in [1.54, 1.807) is 0 Å². The zero-order chi connectivity index (χ0) is 12.7. The Hall–Kier alpha value is -0.330. The highest BCUT2D eigenvalue weighted by Crippen LogP contribution is 2.27. The Morgan fingerprint density at radius 1 is 1.18 bits per heavy atom. The van der Waals surface area contributed by atoms with Crippen LogP contribution in [0.25, 0.3) is 0 Å². The summed E-state index contributed by atoms with van der Waals surface area (Å²) in [5.74, 6) is 0.408. The zero-order valence-corrected chi connectivity index (χ0v) is 9.84. The Labute approximate surface area is 99.4 Å². The third kappa shape index (κ3) is 6.24. The van der Waals surface area contributed by atoms with Gasteiger partial charge in [-0.2, -0.15) is 13.2 Å². The number of rotatable bonds is 7. The summed E-state index contributed by atoms with van der Waals surface area (Å²) in [6, 6.07) is 0. The largest absolute Gasteiger partial charge is 0.411 e. The molecule has 0 aromatic carbocycles.